The Hall–Kier alpha value is -0.880. The average Bonchev–Trinajstić information content (AvgIpc) is 2.67. The van der Waals surface area contributed by atoms with Crippen molar-refractivity contribution in [3.63, 3.8) is 0 Å². The van der Waals surface area contributed by atoms with Crippen LogP contribution in [0.5, 0.6) is 0 Å². The van der Waals surface area contributed by atoms with Crippen molar-refractivity contribution in [3.8, 4) is 0 Å². The van der Waals surface area contributed by atoms with Gasteiger partial charge in [-0.05, 0) is 32.6 Å². The van der Waals surface area contributed by atoms with Crippen molar-refractivity contribution in [2.75, 3.05) is 5.75 Å². The fourth-order valence-electron chi connectivity index (χ4n) is 2.74. The van der Waals surface area contributed by atoms with Gasteiger partial charge in [-0.1, -0.05) is 19.3 Å². The summed E-state index contributed by atoms with van der Waals surface area (Å²) in [6.45, 7) is 4.13. The van der Waals surface area contributed by atoms with E-state index in [1.165, 1.54) is 19.3 Å². The van der Waals surface area contributed by atoms with Gasteiger partial charge in [0, 0.05) is 17.8 Å². The lowest BCUT2D eigenvalue weighted by atomic mass is 9.91. The van der Waals surface area contributed by atoms with Gasteiger partial charge in [0.2, 0.25) is 10.0 Å². The molecule has 0 aromatic carbocycles. The summed E-state index contributed by atoms with van der Waals surface area (Å²) in [5.41, 5.74) is 2.74. The maximum atomic E-state index is 12.1. The van der Waals surface area contributed by atoms with Crippen LogP contribution in [0.2, 0.25) is 0 Å². The summed E-state index contributed by atoms with van der Waals surface area (Å²) in [5, 5.41) is 6.94. The number of H-pyrrole nitrogens is 1. The van der Waals surface area contributed by atoms with Gasteiger partial charge in [-0.25, -0.2) is 13.1 Å². The van der Waals surface area contributed by atoms with E-state index in [4.69, 9.17) is 0 Å². The molecule has 0 saturated heterocycles. The second kappa shape index (κ2) is 6.05. The molecule has 1 aliphatic carbocycles. The van der Waals surface area contributed by atoms with Crippen molar-refractivity contribution >= 4 is 10.0 Å². The summed E-state index contributed by atoms with van der Waals surface area (Å²) in [4.78, 5) is 0. The highest BCUT2D eigenvalue weighted by Crippen LogP contribution is 2.24. The molecule has 1 aliphatic rings. The number of sulfonamides is 1. The average molecular weight is 285 g/mol. The Bertz CT molecular complexity index is 496. The zero-order valence-electron chi connectivity index (χ0n) is 11.7. The SMILES string of the molecule is Cc1n[nH]c(C)c1CNS(=O)(=O)CC1CCCCC1. The lowest BCUT2D eigenvalue weighted by Crippen LogP contribution is -2.30. The van der Waals surface area contributed by atoms with Gasteiger partial charge in [0.15, 0.2) is 0 Å². The van der Waals surface area contributed by atoms with E-state index in [1.54, 1.807) is 0 Å². The molecule has 0 unspecified atom stereocenters. The van der Waals surface area contributed by atoms with Gasteiger partial charge in [0.05, 0.1) is 11.4 Å². The Labute approximate surface area is 115 Å². The number of nitrogens with one attached hydrogen (secondary N) is 2. The fraction of sp³-hybridized carbons (Fsp3) is 0.769. The molecule has 0 atom stereocenters. The van der Waals surface area contributed by atoms with E-state index < -0.39 is 10.0 Å². The minimum atomic E-state index is -3.18. The monoisotopic (exact) mass is 285 g/mol. The molecule has 0 bridgehead atoms. The topological polar surface area (TPSA) is 74.8 Å². The summed E-state index contributed by atoms with van der Waals surface area (Å²) in [5.74, 6) is 0.598. The summed E-state index contributed by atoms with van der Waals surface area (Å²) >= 11 is 0. The number of aromatic nitrogens is 2. The molecule has 0 radical (unpaired) electrons. The number of hydrogen-bond acceptors (Lipinski definition) is 3. The molecule has 1 heterocycles. The van der Waals surface area contributed by atoms with Crippen molar-refractivity contribution in [2.45, 2.75) is 52.5 Å². The molecule has 1 aromatic rings. The van der Waals surface area contributed by atoms with E-state index >= 15 is 0 Å². The molecule has 1 fully saturated rings. The molecule has 0 aliphatic heterocycles. The highest BCUT2D eigenvalue weighted by molar-refractivity contribution is 7.89. The highest BCUT2D eigenvalue weighted by atomic mass is 32.2. The van der Waals surface area contributed by atoms with Gasteiger partial charge >= 0.3 is 0 Å². The van der Waals surface area contributed by atoms with Crippen molar-refractivity contribution in [2.24, 2.45) is 5.92 Å². The minimum Gasteiger partial charge on any atom is -0.282 e. The van der Waals surface area contributed by atoms with Crippen LogP contribution in [0.3, 0.4) is 0 Å². The third-order valence-electron chi connectivity index (χ3n) is 3.93. The molecule has 6 heteroatoms. The molecule has 0 amide bonds. The maximum absolute atomic E-state index is 12.1. The lowest BCUT2D eigenvalue weighted by Gasteiger charge is -2.21. The van der Waals surface area contributed by atoms with E-state index in [-0.39, 0.29) is 5.75 Å². The zero-order valence-corrected chi connectivity index (χ0v) is 12.5. The van der Waals surface area contributed by atoms with Crippen LogP contribution in [0.1, 0.15) is 49.1 Å². The molecule has 2 rings (SSSR count). The van der Waals surface area contributed by atoms with Crippen LogP contribution in [0.15, 0.2) is 0 Å². The van der Waals surface area contributed by atoms with Crippen LogP contribution < -0.4 is 4.72 Å². The molecule has 1 saturated carbocycles. The van der Waals surface area contributed by atoms with E-state index in [2.05, 4.69) is 14.9 Å². The fourth-order valence-corrected chi connectivity index (χ4v) is 4.18. The molecule has 5 nitrogen and oxygen atoms in total. The van der Waals surface area contributed by atoms with Gasteiger partial charge < -0.3 is 0 Å². The predicted molar refractivity (Wildman–Crippen MR) is 75.3 cm³/mol. The van der Waals surface area contributed by atoms with E-state index in [1.807, 2.05) is 13.8 Å². The normalized spacial score (nSPS) is 17.8. The van der Waals surface area contributed by atoms with Crippen LogP contribution in [-0.4, -0.2) is 24.4 Å². The second-order valence-electron chi connectivity index (χ2n) is 5.52. The Kier molecular flexibility index (Phi) is 4.62. The van der Waals surface area contributed by atoms with Gasteiger partial charge in [-0.2, -0.15) is 5.10 Å². The van der Waals surface area contributed by atoms with Gasteiger partial charge in [0.1, 0.15) is 0 Å². The summed E-state index contributed by atoms with van der Waals surface area (Å²) < 4.78 is 26.9. The van der Waals surface area contributed by atoms with Crippen molar-refractivity contribution in [3.05, 3.63) is 17.0 Å². The zero-order chi connectivity index (χ0) is 13.9. The van der Waals surface area contributed by atoms with Crippen molar-refractivity contribution < 1.29 is 8.42 Å². The quantitative estimate of drug-likeness (QED) is 0.869. The largest absolute Gasteiger partial charge is 0.282 e. The van der Waals surface area contributed by atoms with Crippen LogP contribution in [0.4, 0.5) is 0 Å². The van der Waals surface area contributed by atoms with Gasteiger partial charge in [0.25, 0.3) is 0 Å². The van der Waals surface area contributed by atoms with Crippen LogP contribution >= 0.6 is 0 Å². The number of aromatic amines is 1. The number of rotatable bonds is 5. The van der Waals surface area contributed by atoms with E-state index in [0.29, 0.717) is 12.5 Å². The standard InChI is InChI=1S/C13H23N3O2S/c1-10-13(11(2)16-15-10)8-14-19(17,18)9-12-6-4-3-5-7-12/h12,14H,3-9H2,1-2H3,(H,15,16). The van der Waals surface area contributed by atoms with Crippen molar-refractivity contribution in [1.29, 1.82) is 0 Å². The van der Waals surface area contributed by atoms with Gasteiger partial charge in [-0.15, -0.1) is 0 Å². The van der Waals surface area contributed by atoms with Crippen LogP contribution in [-0.2, 0) is 16.6 Å². The maximum Gasteiger partial charge on any atom is 0.212 e. The predicted octanol–water partition coefficient (Wildman–Crippen LogP) is 2.03. The Morgan fingerprint density at radius 1 is 1.26 bits per heavy atom. The van der Waals surface area contributed by atoms with Crippen molar-refractivity contribution in [1.82, 2.24) is 14.9 Å². The molecule has 0 spiro atoms. The first-order valence-electron chi connectivity index (χ1n) is 6.96. The number of nitrogens with zero attached hydrogens (tertiary/aromatic N) is 1. The second-order valence-corrected chi connectivity index (χ2v) is 7.37. The molecule has 2 N–H and O–H groups in total. The third-order valence-corrected chi connectivity index (χ3v) is 5.42. The Morgan fingerprint density at radius 2 is 1.95 bits per heavy atom. The number of hydrogen-bond donors (Lipinski definition) is 2. The molecule has 1 aromatic heterocycles. The third kappa shape index (κ3) is 4.04. The first-order chi connectivity index (χ1) is 8.98. The first-order valence-corrected chi connectivity index (χ1v) is 8.61. The van der Waals surface area contributed by atoms with E-state index in [9.17, 15) is 8.42 Å². The summed E-state index contributed by atoms with van der Waals surface area (Å²) in [6, 6.07) is 0. The number of aryl methyl sites for hydroxylation is 2. The molecular weight excluding hydrogens is 262 g/mol. The highest BCUT2D eigenvalue weighted by Gasteiger charge is 2.21. The Morgan fingerprint density at radius 3 is 2.53 bits per heavy atom. The van der Waals surface area contributed by atoms with E-state index in [0.717, 1.165) is 29.8 Å². The minimum absolute atomic E-state index is 0.267. The molecular formula is C13H23N3O2S. The first kappa shape index (κ1) is 14.5. The lowest BCUT2D eigenvalue weighted by molar-refractivity contribution is 0.384. The summed E-state index contributed by atoms with van der Waals surface area (Å²) in [6.07, 6.45) is 5.67. The smallest absolute Gasteiger partial charge is 0.212 e. The Balaban J connectivity index is 1.90. The van der Waals surface area contributed by atoms with Crippen LogP contribution in [0, 0.1) is 19.8 Å². The summed E-state index contributed by atoms with van der Waals surface area (Å²) in [7, 11) is -3.18. The van der Waals surface area contributed by atoms with Gasteiger partial charge in [-0.3, -0.25) is 5.10 Å². The molecule has 19 heavy (non-hydrogen) atoms. The van der Waals surface area contributed by atoms with Crippen LogP contribution in [0.25, 0.3) is 0 Å². The molecule has 108 valence electrons.